The van der Waals surface area contributed by atoms with Crippen molar-refractivity contribution in [1.82, 2.24) is 14.3 Å². The molecule has 102 valence electrons. The third-order valence-corrected chi connectivity index (χ3v) is 3.77. The quantitative estimate of drug-likeness (QED) is 0.716. The van der Waals surface area contributed by atoms with Gasteiger partial charge in [-0.15, -0.1) is 0 Å². The summed E-state index contributed by atoms with van der Waals surface area (Å²) in [6.07, 6.45) is 3.64. The molecule has 4 heteroatoms. The first-order chi connectivity index (χ1) is 9.58. The van der Waals surface area contributed by atoms with Gasteiger partial charge >= 0.3 is 0 Å². The van der Waals surface area contributed by atoms with Gasteiger partial charge in [0.15, 0.2) is 0 Å². The van der Waals surface area contributed by atoms with Gasteiger partial charge in [-0.3, -0.25) is 9.36 Å². The molecule has 0 aliphatic rings. The topological polar surface area (TPSA) is 39.8 Å². The van der Waals surface area contributed by atoms with Crippen molar-refractivity contribution in [2.75, 3.05) is 0 Å². The summed E-state index contributed by atoms with van der Waals surface area (Å²) in [7, 11) is 1.80. The molecule has 4 nitrogen and oxygen atoms in total. The van der Waals surface area contributed by atoms with Gasteiger partial charge in [0.05, 0.1) is 6.20 Å². The van der Waals surface area contributed by atoms with Gasteiger partial charge in [-0.1, -0.05) is 18.7 Å². The lowest BCUT2D eigenvalue weighted by molar-refractivity contribution is 0.659. The van der Waals surface area contributed by atoms with Crippen molar-refractivity contribution in [2.24, 2.45) is 7.05 Å². The molecular weight excluding hydrogens is 250 g/mol. The van der Waals surface area contributed by atoms with Crippen LogP contribution in [0.4, 0.5) is 0 Å². The van der Waals surface area contributed by atoms with Crippen LogP contribution in [0, 0.1) is 6.92 Å². The molecular formula is C16H17N3O. The first-order valence-corrected chi connectivity index (χ1v) is 6.69. The molecule has 0 amide bonds. The summed E-state index contributed by atoms with van der Waals surface area (Å²) in [4.78, 5) is 12.6. The van der Waals surface area contributed by atoms with E-state index in [9.17, 15) is 4.79 Å². The van der Waals surface area contributed by atoms with E-state index >= 15 is 0 Å². The maximum atomic E-state index is 12.6. The van der Waals surface area contributed by atoms with Crippen molar-refractivity contribution in [3.05, 3.63) is 46.4 Å². The number of aryl methyl sites for hydroxylation is 3. The third-order valence-electron chi connectivity index (χ3n) is 3.77. The molecule has 0 bridgehead atoms. The number of pyridine rings is 1. The number of hydrogen-bond donors (Lipinski definition) is 0. The molecule has 2 aromatic heterocycles. The minimum atomic E-state index is 0.00880. The van der Waals surface area contributed by atoms with Gasteiger partial charge in [0.1, 0.15) is 5.65 Å². The molecule has 3 aromatic rings. The van der Waals surface area contributed by atoms with Crippen molar-refractivity contribution >= 4 is 27.9 Å². The Hall–Kier alpha value is -2.36. The van der Waals surface area contributed by atoms with Crippen LogP contribution in [0.5, 0.6) is 0 Å². The van der Waals surface area contributed by atoms with E-state index in [0.29, 0.717) is 0 Å². The molecule has 0 radical (unpaired) electrons. The van der Waals surface area contributed by atoms with Gasteiger partial charge in [0, 0.05) is 29.8 Å². The van der Waals surface area contributed by atoms with Gasteiger partial charge in [-0.2, -0.15) is 5.10 Å². The van der Waals surface area contributed by atoms with E-state index in [-0.39, 0.29) is 5.56 Å². The van der Waals surface area contributed by atoms with E-state index < -0.39 is 0 Å². The maximum Gasteiger partial charge on any atom is 0.259 e. The highest BCUT2D eigenvalue weighted by Crippen LogP contribution is 2.27. The minimum Gasteiger partial charge on any atom is -0.296 e. The average molecular weight is 267 g/mol. The average Bonchev–Trinajstić information content (AvgIpc) is 2.87. The molecule has 0 fully saturated rings. The number of nitrogens with zero attached hydrogens (tertiary/aromatic N) is 3. The lowest BCUT2D eigenvalue weighted by Crippen LogP contribution is -2.19. The Kier molecular flexibility index (Phi) is 2.74. The molecule has 0 unspecified atom stereocenters. The molecule has 0 saturated carbocycles. The van der Waals surface area contributed by atoms with Crippen molar-refractivity contribution < 1.29 is 0 Å². The van der Waals surface area contributed by atoms with Crippen LogP contribution < -0.4 is 5.56 Å². The van der Waals surface area contributed by atoms with Gasteiger partial charge < -0.3 is 0 Å². The molecule has 0 aliphatic carbocycles. The van der Waals surface area contributed by atoms with Crippen LogP contribution in [0.2, 0.25) is 0 Å². The van der Waals surface area contributed by atoms with Crippen molar-refractivity contribution in [1.29, 1.82) is 0 Å². The van der Waals surface area contributed by atoms with Gasteiger partial charge in [-0.25, -0.2) is 4.68 Å². The van der Waals surface area contributed by atoms with Crippen molar-refractivity contribution in [3.8, 4) is 0 Å². The van der Waals surface area contributed by atoms with E-state index in [0.717, 1.165) is 39.5 Å². The standard InChI is InChI=1S/C16H17N3O/c1-5-11-7-10(3)8-12-14(11)13-9-17-19(6-2)15(13)18(4)16(12)20/h5,7-9H,1,6H2,2-4H3. The second-order valence-electron chi connectivity index (χ2n) is 5.04. The molecule has 0 spiro atoms. The predicted octanol–water partition coefficient (Wildman–Crippen LogP) is 2.86. The first kappa shape index (κ1) is 12.7. The molecule has 0 saturated heterocycles. The predicted molar refractivity (Wildman–Crippen MR) is 83.0 cm³/mol. The fourth-order valence-electron chi connectivity index (χ4n) is 2.86. The van der Waals surface area contributed by atoms with Gasteiger partial charge in [0.25, 0.3) is 5.56 Å². The Morgan fingerprint density at radius 3 is 2.75 bits per heavy atom. The lowest BCUT2D eigenvalue weighted by Gasteiger charge is -2.10. The largest absolute Gasteiger partial charge is 0.296 e. The Bertz CT molecular complexity index is 900. The van der Waals surface area contributed by atoms with Crippen LogP contribution in [-0.2, 0) is 13.6 Å². The summed E-state index contributed by atoms with van der Waals surface area (Å²) in [5, 5.41) is 7.06. The molecule has 2 heterocycles. The van der Waals surface area contributed by atoms with Crippen molar-refractivity contribution in [3.63, 3.8) is 0 Å². The van der Waals surface area contributed by atoms with Crippen LogP contribution in [0.1, 0.15) is 18.1 Å². The second-order valence-corrected chi connectivity index (χ2v) is 5.04. The number of benzene rings is 1. The first-order valence-electron chi connectivity index (χ1n) is 6.69. The monoisotopic (exact) mass is 267 g/mol. The summed E-state index contributed by atoms with van der Waals surface area (Å²) in [5.41, 5.74) is 2.91. The third kappa shape index (κ3) is 1.54. The zero-order valence-electron chi connectivity index (χ0n) is 12.0. The number of hydrogen-bond acceptors (Lipinski definition) is 2. The Balaban J connectivity index is 2.70. The normalized spacial score (nSPS) is 11.3. The zero-order valence-corrected chi connectivity index (χ0v) is 12.0. The van der Waals surface area contributed by atoms with E-state index in [2.05, 4.69) is 17.7 Å². The van der Waals surface area contributed by atoms with E-state index in [4.69, 9.17) is 0 Å². The molecule has 0 aliphatic heterocycles. The van der Waals surface area contributed by atoms with Crippen LogP contribution >= 0.6 is 0 Å². The summed E-state index contributed by atoms with van der Waals surface area (Å²) >= 11 is 0. The molecule has 3 rings (SSSR count). The summed E-state index contributed by atoms with van der Waals surface area (Å²) in [5.74, 6) is 0. The number of aromatic nitrogens is 3. The summed E-state index contributed by atoms with van der Waals surface area (Å²) in [6, 6.07) is 3.99. The number of fused-ring (bicyclic) bond motifs is 3. The van der Waals surface area contributed by atoms with E-state index in [1.807, 2.05) is 30.8 Å². The van der Waals surface area contributed by atoms with Crippen LogP contribution in [0.3, 0.4) is 0 Å². The molecule has 0 N–H and O–H groups in total. The zero-order chi connectivity index (χ0) is 14.4. The molecule has 1 aromatic carbocycles. The van der Waals surface area contributed by atoms with E-state index in [1.54, 1.807) is 17.7 Å². The van der Waals surface area contributed by atoms with Crippen LogP contribution in [0.25, 0.3) is 27.9 Å². The van der Waals surface area contributed by atoms with Crippen LogP contribution in [-0.4, -0.2) is 14.3 Å². The highest BCUT2D eigenvalue weighted by Gasteiger charge is 2.15. The van der Waals surface area contributed by atoms with Crippen LogP contribution in [0.15, 0.2) is 29.7 Å². The lowest BCUT2D eigenvalue weighted by atomic mass is 10.0. The molecule has 0 atom stereocenters. The fraction of sp³-hybridized carbons (Fsp3) is 0.250. The minimum absolute atomic E-state index is 0.00880. The SMILES string of the molecule is C=Cc1cc(C)cc2c(=O)n(C)c3c(cnn3CC)c12. The van der Waals surface area contributed by atoms with Crippen molar-refractivity contribution in [2.45, 2.75) is 20.4 Å². The van der Waals surface area contributed by atoms with Gasteiger partial charge in [-0.05, 0) is 31.0 Å². The Morgan fingerprint density at radius 1 is 1.35 bits per heavy atom. The van der Waals surface area contributed by atoms with E-state index in [1.165, 1.54) is 0 Å². The molecule has 20 heavy (non-hydrogen) atoms. The highest BCUT2D eigenvalue weighted by molar-refractivity contribution is 6.08. The second kappa shape index (κ2) is 4.34. The maximum absolute atomic E-state index is 12.6. The number of rotatable bonds is 2. The summed E-state index contributed by atoms with van der Waals surface area (Å²) < 4.78 is 3.53. The Morgan fingerprint density at radius 2 is 2.10 bits per heavy atom. The smallest absolute Gasteiger partial charge is 0.259 e. The Labute approximate surface area is 116 Å². The summed E-state index contributed by atoms with van der Waals surface area (Å²) in [6.45, 7) is 8.62. The highest BCUT2D eigenvalue weighted by atomic mass is 16.1. The fourth-order valence-corrected chi connectivity index (χ4v) is 2.86. The van der Waals surface area contributed by atoms with Gasteiger partial charge in [0.2, 0.25) is 0 Å².